The van der Waals surface area contributed by atoms with Crippen LogP contribution in [-0.2, 0) is 4.79 Å². The molecule has 1 aromatic heterocycles. The summed E-state index contributed by atoms with van der Waals surface area (Å²) in [6.07, 6.45) is 2.64. The predicted molar refractivity (Wildman–Crippen MR) is 135 cm³/mol. The van der Waals surface area contributed by atoms with Gasteiger partial charge in [0.25, 0.3) is 5.91 Å². The van der Waals surface area contributed by atoms with E-state index >= 15 is 0 Å². The topological polar surface area (TPSA) is 62.6 Å². The first-order valence-corrected chi connectivity index (χ1v) is 11.8. The van der Waals surface area contributed by atoms with Gasteiger partial charge in [0.15, 0.2) is 5.78 Å². The lowest BCUT2D eigenvalue weighted by Gasteiger charge is -2.33. The van der Waals surface area contributed by atoms with Gasteiger partial charge in [-0.2, -0.15) is 0 Å². The van der Waals surface area contributed by atoms with Crippen molar-refractivity contribution in [2.24, 2.45) is 0 Å². The van der Waals surface area contributed by atoms with E-state index in [2.05, 4.69) is 17.4 Å². The molecule has 172 valence electrons. The number of hydrogen-bond donors (Lipinski definition) is 1. The van der Waals surface area contributed by atoms with Crippen LogP contribution in [0.5, 0.6) is 0 Å². The highest BCUT2D eigenvalue weighted by molar-refractivity contribution is 6.11. The van der Waals surface area contributed by atoms with E-state index in [9.17, 15) is 9.59 Å². The Balaban J connectivity index is 1.55. The summed E-state index contributed by atoms with van der Waals surface area (Å²) in [6, 6.07) is 30.0. The number of Topliss-reactive ketones (excluding diaryl/α,β-unsaturated/α-hetero) is 1. The van der Waals surface area contributed by atoms with Gasteiger partial charge in [-0.3, -0.25) is 14.5 Å². The molecule has 0 spiro atoms. The molecule has 0 unspecified atom stereocenters. The highest BCUT2D eigenvalue weighted by Gasteiger charge is 2.43. The average Bonchev–Trinajstić information content (AvgIpc) is 3.39. The number of rotatable bonds is 3. The summed E-state index contributed by atoms with van der Waals surface area (Å²) >= 11 is 0. The normalized spacial score (nSPS) is 19.4. The van der Waals surface area contributed by atoms with Crippen LogP contribution in [0.4, 0.5) is 11.4 Å². The number of carbonyl (C=O) groups is 2. The SMILES string of the molecule is O=C1C[C@@H](c2ccccc2)CC2=C1[C@H](c1ccco1)N(C(=O)c1ccccc1)c1ccccc1N2. The van der Waals surface area contributed by atoms with Gasteiger partial charge in [0.2, 0.25) is 0 Å². The third-order valence-corrected chi connectivity index (χ3v) is 6.81. The lowest BCUT2D eigenvalue weighted by atomic mass is 9.79. The van der Waals surface area contributed by atoms with Gasteiger partial charge in [-0.15, -0.1) is 0 Å². The molecular formula is C30H24N2O3. The molecule has 0 fully saturated rings. The van der Waals surface area contributed by atoms with Crippen molar-refractivity contribution in [3.8, 4) is 0 Å². The Morgan fingerprint density at radius 1 is 0.829 bits per heavy atom. The third-order valence-electron chi connectivity index (χ3n) is 6.81. The predicted octanol–water partition coefficient (Wildman–Crippen LogP) is 6.49. The van der Waals surface area contributed by atoms with Crippen LogP contribution in [0.2, 0.25) is 0 Å². The maximum Gasteiger partial charge on any atom is 0.259 e. The van der Waals surface area contributed by atoms with E-state index in [1.807, 2.05) is 66.7 Å². The Kier molecular flexibility index (Phi) is 5.30. The number of furan rings is 1. The lowest BCUT2D eigenvalue weighted by molar-refractivity contribution is -0.116. The summed E-state index contributed by atoms with van der Waals surface area (Å²) < 4.78 is 5.86. The van der Waals surface area contributed by atoms with E-state index in [0.29, 0.717) is 35.4 Å². The minimum atomic E-state index is -0.673. The molecule has 1 amide bonds. The van der Waals surface area contributed by atoms with E-state index in [1.54, 1.807) is 29.4 Å². The van der Waals surface area contributed by atoms with Gasteiger partial charge in [0, 0.05) is 23.3 Å². The largest absolute Gasteiger partial charge is 0.467 e. The second-order valence-corrected chi connectivity index (χ2v) is 8.93. The molecule has 1 aliphatic carbocycles. The summed E-state index contributed by atoms with van der Waals surface area (Å²) in [6.45, 7) is 0. The Bertz CT molecular complexity index is 1410. The third kappa shape index (κ3) is 3.75. The van der Waals surface area contributed by atoms with Crippen LogP contribution in [0.1, 0.15) is 46.5 Å². The minimum Gasteiger partial charge on any atom is -0.467 e. The summed E-state index contributed by atoms with van der Waals surface area (Å²) in [5, 5.41) is 3.54. The Hall–Kier alpha value is -4.38. The monoisotopic (exact) mass is 460 g/mol. The van der Waals surface area contributed by atoms with Gasteiger partial charge in [0.1, 0.15) is 11.8 Å². The molecule has 1 N–H and O–H groups in total. The number of nitrogens with zero attached hydrogens (tertiary/aromatic N) is 1. The molecule has 0 bridgehead atoms. The first-order valence-electron chi connectivity index (χ1n) is 11.8. The van der Waals surface area contributed by atoms with Crippen molar-refractivity contribution in [2.75, 3.05) is 10.2 Å². The van der Waals surface area contributed by atoms with Crippen LogP contribution in [0.25, 0.3) is 0 Å². The number of amides is 1. The average molecular weight is 461 g/mol. The second kappa shape index (κ2) is 8.76. The fourth-order valence-electron chi connectivity index (χ4n) is 5.21. The first-order chi connectivity index (χ1) is 17.2. The molecular weight excluding hydrogens is 436 g/mol. The smallest absolute Gasteiger partial charge is 0.259 e. The number of para-hydroxylation sites is 2. The van der Waals surface area contributed by atoms with E-state index < -0.39 is 6.04 Å². The number of ketones is 1. The fraction of sp³-hybridized carbons (Fsp3) is 0.133. The zero-order valence-corrected chi connectivity index (χ0v) is 19.1. The Labute approximate surface area is 203 Å². The maximum absolute atomic E-state index is 14.0. The molecule has 2 atom stereocenters. The van der Waals surface area contributed by atoms with E-state index in [1.165, 1.54) is 0 Å². The second-order valence-electron chi connectivity index (χ2n) is 8.93. The number of carbonyl (C=O) groups excluding carboxylic acids is 2. The van der Waals surface area contributed by atoms with E-state index in [0.717, 1.165) is 16.9 Å². The van der Waals surface area contributed by atoms with Crippen LogP contribution in [0.3, 0.4) is 0 Å². The van der Waals surface area contributed by atoms with E-state index in [-0.39, 0.29) is 17.6 Å². The lowest BCUT2D eigenvalue weighted by Crippen LogP contribution is -2.38. The molecule has 0 saturated heterocycles. The number of fused-ring (bicyclic) bond motifs is 1. The van der Waals surface area contributed by atoms with Gasteiger partial charge in [0.05, 0.1) is 17.6 Å². The summed E-state index contributed by atoms with van der Waals surface area (Å²) in [5.74, 6) is 0.461. The molecule has 2 aliphatic rings. The van der Waals surface area contributed by atoms with Crippen LogP contribution in [0, 0.1) is 0 Å². The molecule has 5 heteroatoms. The van der Waals surface area contributed by atoms with Crippen LogP contribution in [0.15, 0.2) is 119 Å². The molecule has 35 heavy (non-hydrogen) atoms. The van der Waals surface area contributed by atoms with Gasteiger partial charge < -0.3 is 9.73 Å². The molecule has 6 rings (SSSR count). The van der Waals surface area contributed by atoms with Crippen LogP contribution < -0.4 is 10.2 Å². The molecule has 4 aromatic rings. The Morgan fingerprint density at radius 2 is 1.54 bits per heavy atom. The van der Waals surface area contributed by atoms with Crippen molar-refractivity contribution < 1.29 is 14.0 Å². The van der Waals surface area contributed by atoms with E-state index in [4.69, 9.17) is 4.42 Å². The molecule has 3 aromatic carbocycles. The van der Waals surface area contributed by atoms with Gasteiger partial charge in [-0.1, -0.05) is 60.7 Å². The van der Waals surface area contributed by atoms with Gasteiger partial charge in [-0.05, 0) is 54.3 Å². The van der Waals surface area contributed by atoms with Crippen molar-refractivity contribution in [1.29, 1.82) is 0 Å². The highest BCUT2D eigenvalue weighted by Crippen LogP contribution is 2.47. The molecule has 0 radical (unpaired) electrons. The van der Waals surface area contributed by atoms with Crippen molar-refractivity contribution in [3.05, 3.63) is 131 Å². The number of anilines is 2. The quantitative estimate of drug-likeness (QED) is 0.379. The van der Waals surface area contributed by atoms with Crippen molar-refractivity contribution >= 4 is 23.1 Å². The minimum absolute atomic E-state index is 0.0210. The maximum atomic E-state index is 14.0. The van der Waals surface area contributed by atoms with Crippen molar-refractivity contribution in [2.45, 2.75) is 24.8 Å². The standard InChI is InChI=1S/C30H24N2O3/c33-26-19-22(20-10-3-1-4-11-20)18-24-28(26)29(27-16-9-17-35-27)32(25-15-8-7-14-23(25)31-24)30(34)21-12-5-2-6-13-21/h1-17,22,29,31H,18-19H2/t22-,29-/m0/s1. The molecule has 1 aliphatic heterocycles. The summed E-state index contributed by atoms with van der Waals surface area (Å²) in [7, 11) is 0. The highest BCUT2D eigenvalue weighted by atomic mass is 16.3. The number of benzene rings is 3. The van der Waals surface area contributed by atoms with Crippen LogP contribution >= 0.6 is 0 Å². The summed E-state index contributed by atoms with van der Waals surface area (Å²) in [5.41, 5.74) is 4.62. The number of allylic oxidation sites excluding steroid dienone is 1. The van der Waals surface area contributed by atoms with Gasteiger partial charge in [-0.25, -0.2) is 0 Å². The fourth-order valence-corrected chi connectivity index (χ4v) is 5.21. The van der Waals surface area contributed by atoms with Crippen molar-refractivity contribution in [1.82, 2.24) is 0 Å². The van der Waals surface area contributed by atoms with Crippen LogP contribution in [-0.4, -0.2) is 11.7 Å². The summed E-state index contributed by atoms with van der Waals surface area (Å²) in [4.78, 5) is 29.6. The number of nitrogens with one attached hydrogen (secondary N) is 1. The van der Waals surface area contributed by atoms with Gasteiger partial charge >= 0.3 is 0 Å². The molecule has 0 saturated carbocycles. The van der Waals surface area contributed by atoms with Crippen molar-refractivity contribution in [3.63, 3.8) is 0 Å². The molecule has 2 heterocycles. The molecule has 5 nitrogen and oxygen atoms in total. The number of hydrogen-bond acceptors (Lipinski definition) is 4. The first kappa shape index (κ1) is 21.2. The zero-order valence-electron chi connectivity index (χ0n) is 19.1. The zero-order chi connectivity index (χ0) is 23.8. The Morgan fingerprint density at radius 3 is 2.29 bits per heavy atom.